The van der Waals surface area contributed by atoms with Crippen molar-refractivity contribution in [2.24, 2.45) is 0 Å². The van der Waals surface area contributed by atoms with Crippen molar-refractivity contribution in [2.45, 2.75) is 6.54 Å². The minimum atomic E-state index is -3.31. The van der Waals surface area contributed by atoms with Gasteiger partial charge < -0.3 is 10.1 Å². The molecule has 0 unspecified atom stereocenters. The van der Waals surface area contributed by atoms with Crippen molar-refractivity contribution < 1.29 is 13.2 Å². The molecule has 7 heteroatoms. The van der Waals surface area contributed by atoms with Crippen LogP contribution in [-0.2, 0) is 16.6 Å². The molecule has 0 aliphatic heterocycles. The zero-order valence-corrected chi connectivity index (χ0v) is 11.9. The first-order valence-corrected chi connectivity index (χ1v) is 7.46. The average molecular weight is 293 g/mol. The largest absolute Gasteiger partial charge is 0.496 e. The lowest BCUT2D eigenvalue weighted by Crippen LogP contribution is -2.30. The van der Waals surface area contributed by atoms with E-state index >= 15 is 0 Å². The molecule has 0 spiro atoms. The van der Waals surface area contributed by atoms with E-state index in [2.05, 4.69) is 10.0 Å². The Morgan fingerprint density at radius 2 is 2.11 bits per heavy atom. The lowest BCUT2D eigenvalue weighted by Gasteiger charge is -2.11. The molecular weight excluding hydrogens is 276 g/mol. The van der Waals surface area contributed by atoms with Gasteiger partial charge in [-0.05, 0) is 19.2 Å². The Morgan fingerprint density at radius 3 is 2.72 bits per heavy atom. The summed E-state index contributed by atoms with van der Waals surface area (Å²) >= 11 is 6.01. The van der Waals surface area contributed by atoms with Crippen molar-refractivity contribution in [2.75, 3.05) is 26.5 Å². The third-order valence-electron chi connectivity index (χ3n) is 2.39. The summed E-state index contributed by atoms with van der Waals surface area (Å²) in [6.45, 7) is 0.518. The molecule has 1 aromatic rings. The number of ether oxygens (including phenoxy) is 1. The first kappa shape index (κ1) is 15.2. The molecule has 2 N–H and O–H groups in total. The Labute approximate surface area is 113 Å². The Bertz CT molecular complexity index is 491. The first-order chi connectivity index (χ1) is 8.50. The van der Waals surface area contributed by atoms with E-state index in [1.807, 2.05) is 0 Å². The fourth-order valence-corrected chi connectivity index (χ4v) is 2.61. The summed E-state index contributed by atoms with van der Waals surface area (Å²) in [6.07, 6.45) is 0. The molecule has 0 heterocycles. The van der Waals surface area contributed by atoms with Gasteiger partial charge in [0.1, 0.15) is 5.75 Å². The molecule has 0 aliphatic rings. The van der Waals surface area contributed by atoms with Crippen molar-refractivity contribution in [1.29, 1.82) is 0 Å². The van der Waals surface area contributed by atoms with Crippen LogP contribution in [0.3, 0.4) is 0 Å². The minimum Gasteiger partial charge on any atom is -0.496 e. The van der Waals surface area contributed by atoms with Gasteiger partial charge in [0.2, 0.25) is 10.0 Å². The summed E-state index contributed by atoms with van der Waals surface area (Å²) in [5, 5.41) is 3.26. The molecular formula is C11H17ClN2O3S. The van der Waals surface area contributed by atoms with Gasteiger partial charge in [-0.15, -0.1) is 0 Å². The van der Waals surface area contributed by atoms with Crippen LogP contribution in [0.15, 0.2) is 18.2 Å². The van der Waals surface area contributed by atoms with Gasteiger partial charge in [0.15, 0.2) is 0 Å². The van der Waals surface area contributed by atoms with Gasteiger partial charge in [0.25, 0.3) is 0 Å². The number of benzene rings is 1. The van der Waals surface area contributed by atoms with E-state index in [0.717, 1.165) is 0 Å². The second kappa shape index (κ2) is 6.94. The Morgan fingerprint density at radius 1 is 1.39 bits per heavy atom. The molecule has 0 bridgehead atoms. The highest BCUT2D eigenvalue weighted by atomic mass is 35.5. The van der Waals surface area contributed by atoms with Gasteiger partial charge in [-0.2, -0.15) is 0 Å². The maximum atomic E-state index is 11.6. The van der Waals surface area contributed by atoms with E-state index in [9.17, 15) is 8.42 Å². The maximum Gasteiger partial charge on any atom is 0.213 e. The van der Waals surface area contributed by atoms with Crippen molar-refractivity contribution in [3.63, 3.8) is 0 Å². The Balaban J connectivity index is 2.74. The van der Waals surface area contributed by atoms with Crippen LogP contribution < -0.4 is 14.8 Å². The summed E-state index contributed by atoms with van der Waals surface area (Å²) in [4.78, 5) is 0. The molecule has 1 rings (SSSR count). The zero-order valence-electron chi connectivity index (χ0n) is 10.4. The van der Waals surface area contributed by atoms with Gasteiger partial charge in [-0.1, -0.05) is 17.7 Å². The van der Waals surface area contributed by atoms with E-state index in [1.165, 1.54) is 7.11 Å². The smallest absolute Gasteiger partial charge is 0.213 e. The fraction of sp³-hybridized carbons (Fsp3) is 0.455. The van der Waals surface area contributed by atoms with Gasteiger partial charge in [-0.25, -0.2) is 13.1 Å². The Hall–Kier alpha value is -0.820. The molecule has 0 saturated carbocycles. The standard InChI is InChI=1S/C11H17ClN2O3S/c1-13-6-7-18(15,16)14-8-9-10(12)4-3-5-11(9)17-2/h3-5,13-14H,6-8H2,1-2H3. The van der Waals surface area contributed by atoms with Crippen LogP contribution in [0.2, 0.25) is 5.02 Å². The van der Waals surface area contributed by atoms with Crippen LogP contribution in [0, 0.1) is 0 Å². The van der Waals surface area contributed by atoms with Crippen molar-refractivity contribution >= 4 is 21.6 Å². The summed E-state index contributed by atoms with van der Waals surface area (Å²) in [5.41, 5.74) is 0.634. The maximum absolute atomic E-state index is 11.6. The molecule has 5 nitrogen and oxygen atoms in total. The van der Waals surface area contributed by atoms with Gasteiger partial charge in [0.05, 0.1) is 12.9 Å². The molecule has 0 radical (unpaired) electrons. The van der Waals surface area contributed by atoms with E-state index in [1.54, 1.807) is 25.2 Å². The predicted octanol–water partition coefficient (Wildman–Crippen LogP) is 0.987. The van der Waals surface area contributed by atoms with E-state index in [4.69, 9.17) is 16.3 Å². The SMILES string of the molecule is CNCCS(=O)(=O)NCc1c(Cl)cccc1OC. The van der Waals surface area contributed by atoms with Gasteiger partial charge in [-0.3, -0.25) is 0 Å². The number of methoxy groups -OCH3 is 1. The zero-order chi connectivity index (χ0) is 13.6. The molecule has 102 valence electrons. The van der Waals surface area contributed by atoms with Crippen molar-refractivity contribution in [3.05, 3.63) is 28.8 Å². The fourth-order valence-electron chi connectivity index (χ4n) is 1.39. The quantitative estimate of drug-likeness (QED) is 0.786. The number of nitrogens with one attached hydrogen (secondary N) is 2. The van der Waals surface area contributed by atoms with Crippen LogP contribution in [0.4, 0.5) is 0 Å². The van der Waals surface area contributed by atoms with Crippen LogP contribution >= 0.6 is 11.6 Å². The van der Waals surface area contributed by atoms with Crippen molar-refractivity contribution in [1.82, 2.24) is 10.0 Å². The van der Waals surface area contributed by atoms with E-state index < -0.39 is 10.0 Å². The van der Waals surface area contributed by atoms with Gasteiger partial charge >= 0.3 is 0 Å². The second-order valence-electron chi connectivity index (χ2n) is 3.66. The highest BCUT2D eigenvalue weighted by Crippen LogP contribution is 2.25. The van der Waals surface area contributed by atoms with Crippen LogP contribution in [-0.4, -0.2) is 34.9 Å². The highest BCUT2D eigenvalue weighted by molar-refractivity contribution is 7.89. The minimum absolute atomic E-state index is 0.0241. The molecule has 0 aliphatic carbocycles. The predicted molar refractivity (Wildman–Crippen MR) is 72.6 cm³/mol. The van der Waals surface area contributed by atoms with E-state index in [-0.39, 0.29) is 12.3 Å². The van der Waals surface area contributed by atoms with Crippen LogP contribution in [0.5, 0.6) is 5.75 Å². The number of hydrogen-bond donors (Lipinski definition) is 2. The summed E-state index contributed by atoms with van der Waals surface area (Å²) in [5.74, 6) is 0.592. The summed E-state index contributed by atoms with van der Waals surface area (Å²) in [6, 6.07) is 5.19. The Kier molecular flexibility index (Phi) is 5.87. The molecule has 0 aromatic heterocycles. The van der Waals surface area contributed by atoms with Gasteiger partial charge in [0, 0.05) is 23.7 Å². The number of sulfonamides is 1. The first-order valence-electron chi connectivity index (χ1n) is 5.43. The summed E-state index contributed by atoms with van der Waals surface area (Å²) in [7, 11) is -0.0908. The van der Waals surface area contributed by atoms with E-state index in [0.29, 0.717) is 22.9 Å². The second-order valence-corrected chi connectivity index (χ2v) is 6.00. The lowest BCUT2D eigenvalue weighted by molar-refractivity contribution is 0.409. The van der Waals surface area contributed by atoms with Crippen molar-refractivity contribution in [3.8, 4) is 5.75 Å². The normalized spacial score (nSPS) is 11.5. The van der Waals surface area contributed by atoms with Crippen LogP contribution in [0.1, 0.15) is 5.56 Å². The molecule has 18 heavy (non-hydrogen) atoms. The number of halogens is 1. The summed E-state index contributed by atoms with van der Waals surface area (Å²) < 4.78 is 30.9. The number of hydrogen-bond acceptors (Lipinski definition) is 4. The third-order valence-corrected chi connectivity index (χ3v) is 4.07. The highest BCUT2D eigenvalue weighted by Gasteiger charge is 2.13. The lowest BCUT2D eigenvalue weighted by atomic mass is 10.2. The monoisotopic (exact) mass is 292 g/mol. The average Bonchev–Trinajstić information content (AvgIpc) is 2.34. The van der Waals surface area contributed by atoms with Crippen LogP contribution in [0.25, 0.3) is 0 Å². The molecule has 0 fully saturated rings. The third kappa shape index (κ3) is 4.45. The molecule has 1 aromatic carbocycles. The molecule has 0 atom stereocenters. The number of rotatable bonds is 7. The molecule has 0 saturated heterocycles. The molecule has 0 amide bonds. The topological polar surface area (TPSA) is 67.4 Å².